The minimum Gasteiger partial charge on any atom is -0.488 e. The molecule has 0 fully saturated rings. The molecule has 2 aromatic carbocycles. The fraction of sp³-hybridized carbons (Fsp3) is 0.238. The van der Waals surface area contributed by atoms with Crippen molar-refractivity contribution in [3.05, 3.63) is 80.7 Å². The molecule has 7 heteroatoms. The second kappa shape index (κ2) is 8.67. The molecule has 5 nitrogen and oxygen atoms in total. The van der Waals surface area contributed by atoms with E-state index in [0.29, 0.717) is 27.1 Å². The van der Waals surface area contributed by atoms with Crippen LogP contribution in [0.5, 0.6) is 5.75 Å². The Kier molecular flexibility index (Phi) is 6.27. The summed E-state index contributed by atoms with van der Waals surface area (Å²) in [6.07, 6.45) is 0. The van der Waals surface area contributed by atoms with Crippen molar-refractivity contribution in [3.63, 3.8) is 0 Å². The number of rotatable bonds is 6. The molecule has 0 bridgehead atoms. The van der Waals surface area contributed by atoms with E-state index >= 15 is 0 Å². The Morgan fingerprint density at radius 2 is 1.96 bits per heavy atom. The molecule has 1 atom stereocenters. The summed E-state index contributed by atoms with van der Waals surface area (Å²) in [5.41, 5.74) is 2.86. The molecular formula is C21H20Cl2N2O3. The van der Waals surface area contributed by atoms with E-state index in [9.17, 15) is 4.79 Å². The molecule has 1 amide bonds. The van der Waals surface area contributed by atoms with Crippen LogP contribution in [0.15, 0.2) is 47.0 Å². The lowest BCUT2D eigenvalue weighted by Crippen LogP contribution is -2.27. The van der Waals surface area contributed by atoms with Gasteiger partial charge in [0.15, 0.2) is 0 Å². The van der Waals surface area contributed by atoms with Crippen molar-refractivity contribution < 1.29 is 14.1 Å². The van der Waals surface area contributed by atoms with Crippen LogP contribution >= 0.6 is 23.2 Å². The minimum atomic E-state index is -0.298. The Balaban J connectivity index is 1.75. The average Bonchev–Trinajstić information content (AvgIpc) is 2.98. The van der Waals surface area contributed by atoms with Crippen LogP contribution in [0.2, 0.25) is 10.0 Å². The number of halogens is 2. The molecule has 1 unspecified atom stereocenters. The van der Waals surface area contributed by atoms with Gasteiger partial charge in [0.2, 0.25) is 0 Å². The zero-order valence-electron chi connectivity index (χ0n) is 15.8. The molecule has 1 N–H and O–H groups in total. The first-order valence-electron chi connectivity index (χ1n) is 8.76. The summed E-state index contributed by atoms with van der Waals surface area (Å²) in [5.74, 6) is 0.924. The van der Waals surface area contributed by atoms with Gasteiger partial charge in [0.25, 0.3) is 5.91 Å². The van der Waals surface area contributed by atoms with Crippen molar-refractivity contribution >= 4 is 29.1 Å². The molecule has 0 spiro atoms. The van der Waals surface area contributed by atoms with Gasteiger partial charge in [0, 0.05) is 10.0 Å². The first kappa shape index (κ1) is 20.2. The monoisotopic (exact) mass is 418 g/mol. The van der Waals surface area contributed by atoms with Gasteiger partial charge in [-0.3, -0.25) is 4.79 Å². The van der Waals surface area contributed by atoms with Crippen LogP contribution in [-0.4, -0.2) is 11.1 Å². The second-order valence-corrected chi connectivity index (χ2v) is 7.29. The van der Waals surface area contributed by atoms with E-state index in [1.807, 2.05) is 26.8 Å². The lowest BCUT2D eigenvalue weighted by molar-refractivity contribution is 0.0935. The molecule has 0 radical (unpaired) electrons. The fourth-order valence-electron chi connectivity index (χ4n) is 2.84. The fourth-order valence-corrected chi connectivity index (χ4v) is 3.41. The lowest BCUT2D eigenvalue weighted by atomic mass is 10.1. The van der Waals surface area contributed by atoms with Crippen LogP contribution in [0.4, 0.5) is 0 Å². The molecule has 3 rings (SSSR count). The first-order chi connectivity index (χ1) is 13.4. The average molecular weight is 419 g/mol. The van der Waals surface area contributed by atoms with Crippen LogP contribution in [0, 0.1) is 13.8 Å². The summed E-state index contributed by atoms with van der Waals surface area (Å²) in [6, 6.07) is 12.0. The summed E-state index contributed by atoms with van der Waals surface area (Å²) in [5, 5.41) is 7.92. The highest BCUT2D eigenvalue weighted by Crippen LogP contribution is 2.27. The molecule has 1 aromatic heterocycles. The topological polar surface area (TPSA) is 64.4 Å². The summed E-state index contributed by atoms with van der Waals surface area (Å²) >= 11 is 12.2. The highest BCUT2D eigenvalue weighted by Gasteiger charge is 2.18. The number of benzene rings is 2. The highest BCUT2D eigenvalue weighted by molar-refractivity contribution is 6.35. The van der Waals surface area contributed by atoms with Gasteiger partial charge in [0.05, 0.1) is 22.9 Å². The zero-order valence-corrected chi connectivity index (χ0v) is 17.3. The molecule has 28 heavy (non-hydrogen) atoms. The van der Waals surface area contributed by atoms with E-state index in [1.54, 1.807) is 36.4 Å². The van der Waals surface area contributed by atoms with E-state index in [2.05, 4.69) is 10.5 Å². The molecule has 0 saturated heterocycles. The largest absolute Gasteiger partial charge is 0.488 e. The van der Waals surface area contributed by atoms with Crippen LogP contribution in [0.3, 0.4) is 0 Å². The standard InChI is InChI=1S/C21H20Cl2N2O3/c1-12(16-9-8-15(22)10-19(16)23)24-21(26)17-6-4-5-7-20(17)27-11-18-13(2)25-28-14(18)3/h4-10,12H,11H2,1-3H3,(H,24,26). The van der Waals surface area contributed by atoms with E-state index < -0.39 is 0 Å². The van der Waals surface area contributed by atoms with Crippen LogP contribution < -0.4 is 10.1 Å². The number of aryl methyl sites for hydroxylation is 2. The van der Waals surface area contributed by atoms with Gasteiger partial charge in [0.1, 0.15) is 18.1 Å². The summed E-state index contributed by atoms with van der Waals surface area (Å²) < 4.78 is 11.0. The predicted molar refractivity (Wildman–Crippen MR) is 109 cm³/mol. The molecular weight excluding hydrogens is 399 g/mol. The van der Waals surface area contributed by atoms with Gasteiger partial charge >= 0.3 is 0 Å². The predicted octanol–water partition coefficient (Wildman–Crippen LogP) is 5.67. The van der Waals surface area contributed by atoms with E-state index in [0.717, 1.165) is 16.8 Å². The Morgan fingerprint density at radius 3 is 2.64 bits per heavy atom. The van der Waals surface area contributed by atoms with Crippen molar-refractivity contribution in [2.75, 3.05) is 0 Å². The number of hydrogen-bond donors (Lipinski definition) is 1. The third kappa shape index (κ3) is 4.49. The van der Waals surface area contributed by atoms with Crippen molar-refractivity contribution in [1.82, 2.24) is 10.5 Å². The van der Waals surface area contributed by atoms with Gasteiger partial charge in [-0.05, 0) is 50.6 Å². The molecule has 3 aromatic rings. The molecule has 146 valence electrons. The van der Waals surface area contributed by atoms with Crippen molar-refractivity contribution in [3.8, 4) is 5.75 Å². The number of carbonyl (C=O) groups excluding carboxylic acids is 1. The molecule has 0 aliphatic heterocycles. The number of carbonyl (C=O) groups is 1. The number of aromatic nitrogens is 1. The van der Waals surface area contributed by atoms with Crippen molar-refractivity contribution in [1.29, 1.82) is 0 Å². The first-order valence-corrected chi connectivity index (χ1v) is 9.51. The van der Waals surface area contributed by atoms with Gasteiger partial charge in [-0.15, -0.1) is 0 Å². The summed E-state index contributed by atoms with van der Waals surface area (Å²) in [4.78, 5) is 12.8. The third-order valence-electron chi connectivity index (χ3n) is 4.46. The van der Waals surface area contributed by atoms with Gasteiger partial charge in [-0.25, -0.2) is 0 Å². The van der Waals surface area contributed by atoms with Crippen LogP contribution in [0.25, 0.3) is 0 Å². The van der Waals surface area contributed by atoms with Gasteiger partial charge < -0.3 is 14.6 Å². The summed E-state index contributed by atoms with van der Waals surface area (Å²) in [7, 11) is 0. The quantitative estimate of drug-likeness (QED) is 0.559. The van der Waals surface area contributed by atoms with Crippen LogP contribution in [0.1, 0.15) is 45.9 Å². The number of ether oxygens (including phenoxy) is 1. The normalized spacial score (nSPS) is 11.9. The summed E-state index contributed by atoms with van der Waals surface area (Å²) in [6.45, 7) is 5.81. The molecule has 0 saturated carbocycles. The molecule has 1 heterocycles. The second-order valence-electron chi connectivity index (χ2n) is 6.45. The number of amides is 1. The van der Waals surface area contributed by atoms with Gasteiger partial charge in [-0.2, -0.15) is 0 Å². The number of para-hydroxylation sites is 1. The Hall–Kier alpha value is -2.50. The molecule has 0 aliphatic carbocycles. The minimum absolute atomic E-state index is 0.257. The van der Waals surface area contributed by atoms with E-state index in [-0.39, 0.29) is 18.6 Å². The SMILES string of the molecule is Cc1noc(C)c1COc1ccccc1C(=O)NC(C)c1ccc(Cl)cc1Cl. The lowest BCUT2D eigenvalue weighted by Gasteiger charge is -2.17. The number of nitrogens with one attached hydrogen (secondary N) is 1. The Labute approximate surface area is 173 Å². The van der Waals surface area contributed by atoms with E-state index in [1.165, 1.54) is 0 Å². The maximum Gasteiger partial charge on any atom is 0.255 e. The number of hydrogen-bond acceptors (Lipinski definition) is 4. The maximum absolute atomic E-state index is 12.8. The van der Waals surface area contributed by atoms with Crippen molar-refractivity contribution in [2.45, 2.75) is 33.4 Å². The van der Waals surface area contributed by atoms with Gasteiger partial charge in [-0.1, -0.05) is 46.6 Å². The maximum atomic E-state index is 12.8. The molecule has 0 aliphatic rings. The van der Waals surface area contributed by atoms with Crippen LogP contribution in [-0.2, 0) is 6.61 Å². The highest BCUT2D eigenvalue weighted by atomic mass is 35.5. The Bertz CT molecular complexity index is 982. The number of nitrogens with zero attached hydrogens (tertiary/aromatic N) is 1. The zero-order chi connectivity index (χ0) is 20.3. The Morgan fingerprint density at radius 1 is 1.21 bits per heavy atom. The smallest absolute Gasteiger partial charge is 0.255 e. The van der Waals surface area contributed by atoms with Crippen molar-refractivity contribution in [2.24, 2.45) is 0 Å². The third-order valence-corrected chi connectivity index (χ3v) is 5.02. The van der Waals surface area contributed by atoms with E-state index in [4.69, 9.17) is 32.5 Å².